The van der Waals surface area contributed by atoms with Gasteiger partial charge in [-0.05, 0) is 12.1 Å². The Morgan fingerprint density at radius 2 is 2.38 bits per heavy atom. The number of anilines is 1. The average molecular weight is 174 g/mol. The molecule has 0 aliphatic carbocycles. The van der Waals surface area contributed by atoms with Gasteiger partial charge in [-0.1, -0.05) is 6.07 Å². The van der Waals surface area contributed by atoms with Crippen LogP contribution in [-0.2, 0) is 4.79 Å². The lowest BCUT2D eigenvalue weighted by Gasteiger charge is -1.98. The molecular weight excluding hydrogens is 166 g/mol. The van der Waals surface area contributed by atoms with E-state index in [-0.39, 0.29) is 1.43 Å². The lowest BCUT2D eigenvalue weighted by atomic mass is 10.2. The predicted molar refractivity (Wildman–Crippen MR) is 50.3 cm³/mol. The second-order valence-electron chi connectivity index (χ2n) is 2.53. The molecule has 0 fully saturated rings. The van der Waals surface area contributed by atoms with E-state index in [1.54, 1.807) is 18.5 Å². The molecule has 0 atom stereocenters. The summed E-state index contributed by atoms with van der Waals surface area (Å²) in [5, 5.41) is 3.44. The molecule has 0 aliphatic rings. The first-order valence-corrected chi connectivity index (χ1v) is 3.81. The highest BCUT2D eigenvalue weighted by molar-refractivity contribution is 5.82. The van der Waals surface area contributed by atoms with Crippen LogP contribution in [0.1, 0.15) is 1.43 Å². The summed E-state index contributed by atoms with van der Waals surface area (Å²) in [6, 6.07) is 5.53. The van der Waals surface area contributed by atoms with Crippen molar-refractivity contribution in [1.82, 2.24) is 9.97 Å². The number of pyridine rings is 2. The van der Waals surface area contributed by atoms with Gasteiger partial charge >= 0.3 is 1.43 Å². The first-order chi connectivity index (χ1) is 6.40. The Morgan fingerprint density at radius 1 is 1.46 bits per heavy atom. The van der Waals surface area contributed by atoms with E-state index in [0.29, 0.717) is 12.2 Å². The maximum Gasteiger partial charge on any atom is 1.00 e. The lowest BCUT2D eigenvalue weighted by molar-refractivity contribution is -0.105. The second kappa shape index (κ2) is 3.18. The summed E-state index contributed by atoms with van der Waals surface area (Å²) in [4.78, 5) is 18.2. The molecule has 1 N–H and O–H groups in total. The fraction of sp³-hybridized carbons (Fsp3) is 0. The summed E-state index contributed by atoms with van der Waals surface area (Å²) in [6.45, 7) is 0. The van der Waals surface area contributed by atoms with Gasteiger partial charge in [0.2, 0.25) is 6.41 Å². The Balaban J connectivity index is 0.000000980. The number of hydrogen-bond acceptors (Lipinski definition) is 3. The lowest BCUT2D eigenvalue weighted by Crippen LogP contribution is -1.96. The first-order valence-electron chi connectivity index (χ1n) is 3.81. The van der Waals surface area contributed by atoms with Crippen LogP contribution < -0.4 is 5.32 Å². The van der Waals surface area contributed by atoms with Gasteiger partial charge in [0, 0.05) is 11.6 Å². The molecule has 0 unspecified atom stereocenters. The van der Waals surface area contributed by atoms with E-state index in [1.807, 2.05) is 12.1 Å². The summed E-state index contributed by atoms with van der Waals surface area (Å²) in [7, 11) is 0. The zero-order valence-electron chi connectivity index (χ0n) is 7.77. The van der Waals surface area contributed by atoms with Crippen LogP contribution >= 0.6 is 0 Å². The van der Waals surface area contributed by atoms with Crippen LogP contribution in [0.2, 0.25) is 0 Å². The topological polar surface area (TPSA) is 54.9 Å². The van der Waals surface area contributed by atoms with Crippen molar-refractivity contribution in [3.63, 3.8) is 0 Å². The molecule has 0 saturated heterocycles. The zero-order chi connectivity index (χ0) is 9.10. The van der Waals surface area contributed by atoms with E-state index in [4.69, 9.17) is 0 Å². The average Bonchev–Trinajstić information content (AvgIpc) is 2.18. The maximum atomic E-state index is 10.1. The minimum atomic E-state index is 0. The summed E-state index contributed by atoms with van der Waals surface area (Å²) in [6.07, 6.45) is 3.93. The second-order valence-corrected chi connectivity index (χ2v) is 2.53. The van der Waals surface area contributed by atoms with E-state index < -0.39 is 0 Å². The van der Waals surface area contributed by atoms with E-state index in [1.165, 1.54) is 0 Å². The summed E-state index contributed by atoms with van der Waals surface area (Å²) < 4.78 is 0. The van der Waals surface area contributed by atoms with Crippen molar-refractivity contribution in [2.75, 3.05) is 5.32 Å². The number of hydrogen-bond donors (Lipinski definition) is 1. The van der Waals surface area contributed by atoms with Crippen molar-refractivity contribution in [3.8, 4) is 0 Å². The van der Waals surface area contributed by atoms with Gasteiger partial charge in [0.15, 0.2) is 0 Å². The van der Waals surface area contributed by atoms with Crippen molar-refractivity contribution in [1.29, 1.82) is 0 Å². The third-order valence-corrected chi connectivity index (χ3v) is 1.70. The fourth-order valence-corrected chi connectivity index (χ4v) is 1.11. The van der Waals surface area contributed by atoms with Crippen molar-refractivity contribution in [2.24, 2.45) is 0 Å². The minimum Gasteiger partial charge on any atom is -0.313 e. The van der Waals surface area contributed by atoms with E-state index in [0.717, 1.165) is 10.9 Å². The smallest absolute Gasteiger partial charge is 0.313 e. The number of aromatic nitrogens is 2. The van der Waals surface area contributed by atoms with Crippen LogP contribution in [0.3, 0.4) is 0 Å². The van der Waals surface area contributed by atoms with Gasteiger partial charge in [0.1, 0.15) is 5.82 Å². The van der Waals surface area contributed by atoms with Crippen molar-refractivity contribution in [3.05, 3.63) is 30.6 Å². The molecule has 4 heteroatoms. The van der Waals surface area contributed by atoms with Gasteiger partial charge in [-0.3, -0.25) is 9.78 Å². The number of carbonyl (C=O) groups excluding carboxylic acids is 1. The number of fused-ring (bicyclic) bond motifs is 1. The Kier molecular flexibility index (Phi) is 1.88. The molecule has 0 aliphatic heterocycles. The van der Waals surface area contributed by atoms with Gasteiger partial charge < -0.3 is 5.32 Å². The molecule has 64 valence electrons. The number of amides is 1. The molecule has 2 rings (SSSR count). The number of carbonyl (C=O) groups is 1. The molecule has 0 saturated carbocycles. The molecule has 0 radical (unpaired) electrons. The Labute approximate surface area is 76.1 Å². The SMILES string of the molecule is O=CNc1cc2cccnc2cn1.[H+]. The highest BCUT2D eigenvalue weighted by atomic mass is 16.1. The Hall–Kier alpha value is -1.97. The highest BCUT2D eigenvalue weighted by Gasteiger charge is 1.95. The molecule has 2 heterocycles. The highest BCUT2D eigenvalue weighted by Crippen LogP contribution is 2.12. The number of rotatable bonds is 2. The van der Waals surface area contributed by atoms with Crippen LogP contribution in [0, 0.1) is 0 Å². The summed E-state index contributed by atoms with van der Waals surface area (Å²) in [5.74, 6) is 0.538. The molecule has 2 aromatic rings. The molecule has 13 heavy (non-hydrogen) atoms. The van der Waals surface area contributed by atoms with Crippen LogP contribution in [0.15, 0.2) is 30.6 Å². The zero-order valence-corrected chi connectivity index (χ0v) is 6.77. The fourth-order valence-electron chi connectivity index (χ4n) is 1.11. The van der Waals surface area contributed by atoms with E-state index >= 15 is 0 Å². The minimum absolute atomic E-state index is 0. The van der Waals surface area contributed by atoms with Gasteiger partial charge in [-0.25, -0.2) is 4.98 Å². The van der Waals surface area contributed by atoms with Gasteiger partial charge in [0.05, 0.1) is 11.7 Å². The molecule has 4 nitrogen and oxygen atoms in total. The van der Waals surface area contributed by atoms with Crippen molar-refractivity contribution in [2.45, 2.75) is 0 Å². The molecular formula is C9H8N3O+. The third kappa shape index (κ3) is 1.46. The summed E-state index contributed by atoms with van der Waals surface area (Å²) >= 11 is 0. The van der Waals surface area contributed by atoms with E-state index in [9.17, 15) is 4.79 Å². The standard InChI is InChI=1S/C9H7N3O/c13-6-12-9-4-7-2-1-3-10-8(7)5-11-9/h1-6H,(H,11,12,13)/p+1. The first kappa shape index (κ1) is 7.67. The molecule has 0 spiro atoms. The Morgan fingerprint density at radius 3 is 3.23 bits per heavy atom. The third-order valence-electron chi connectivity index (χ3n) is 1.70. The number of nitrogens with one attached hydrogen (secondary N) is 1. The molecule has 0 aromatic carbocycles. The molecule has 2 aromatic heterocycles. The van der Waals surface area contributed by atoms with Gasteiger partial charge in [-0.15, -0.1) is 0 Å². The molecule has 0 bridgehead atoms. The van der Waals surface area contributed by atoms with Gasteiger partial charge in [0.25, 0.3) is 0 Å². The van der Waals surface area contributed by atoms with Crippen LogP contribution in [0.25, 0.3) is 10.9 Å². The van der Waals surface area contributed by atoms with Crippen molar-refractivity contribution < 1.29 is 6.22 Å². The maximum absolute atomic E-state index is 10.1. The normalized spacial score (nSPS) is 9.85. The van der Waals surface area contributed by atoms with Gasteiger partial charge in [-0.2, -0.15) is 0 Å². The van der Waals surface area contributed by atoms with Crippen LogP contribution in [0.4, 0.5) is 5.82 Å². The van der Waals surface area contributed by atoms with E-state index in [2.05, 4.69) is 15.3 Å². The number of nitrogens with zero attached hydrogens (tertiary/aromatic N) is 2. The summed E-state index contributed by atoms with van der Waals surface area (Å²) in [5.41, 5.74) is 0.818. The van der Waals surface area contributed by atoms with Crippen LogP contribution in [-0.4, -0.2) is 16.4 Å². The van der Waals surface area contributed by atoms with Crippen LogP contribution in [0.5, 0.6) is 0 Å². The van der Waals surface area contributed by atoms with Crippen molar-refractivity contribution >= 4 is 23.1 Å². The monoisotopic (exact) mass is 174 g/mol. The Bertz CT molecular complexity index is 447. The molecule has 1 amide bonds. The predicted octanol–water partition coefficient (Wildman–Crippen LogP) is 1.31. The quantitative estimate of drug-likeness (QED) is 0.698. The largest absolute Gasteiger partial charge is 1.00 e.